The van der Waals surface area contributed by atoms with Gasteiger partial charge in [0.15, 0.2) is 11.9 Å². The summed E-state index contributed by atoms with van der Waals surface area (Å²) in [6.07, 6.45) is -1.27. The van der Waals surface area contributed by atoms with E-state index in [1.807, 2.05) is 6.07 Å². The maximum absolute atomic E-state index is 12.9. The number of fused-ring (bicyclic) bond motifs is 1. The summed E-state index contributed by atoms with van der Waals surface area (Å²) in [6.45, 7) is 0.333. The molecule has 0 spiro atoms. The third kappa shape index (κ3) is 8.03. The standard InChI is InChI=1S/C25H35ClF3N7O4S/c1-35(24-31-12-16(26)23(33-24)32-17-6-4-5-7-18(17)34-41(3,38)39)20-11-19-15(10-21(20)40-2)13-36(9-8-30-19)14-22(37)25(27,28)29/h10-12,17-18,22,30,34,37H,4-9,13-14H2,1-3H3,(H,31,32,33)/t17-,18-,22-/m1/s1. The summed E-state index contributed by atoms with van der Waals surface area (Å²) in [5.41, 5.74) is 2.03. The summed E-state index contributed by atoms with van der Waals surface area (Å²) in [4.78, 5) is 12.2. The number of rotatable bonds is 9. The van der Waals surface area contributed by atoms with E-state index in [0.29, 0.717) is 54.0 Å². The maximum atomic E-state index is 12.9. The van der Waals surface area contributed by atoms with Gasteiger partial charge in [0.1, 0.15) is 10.8 Å². The largest absolute Gasteiger partial charge is 0.495 e. The first kappa shape index (κ1) is 31.3. The minimum Gasteiger partial charge on any atom is -0.495 e. The molecule has 11 nitrogen and oxygen atoms in total. The van der Waals surface area contributed by atoms with Crippen molar-refractivity contribution in [1.29, 1.82) is 0 Å². The Hall–Kier alpha value is -2.59. The second kappa shape index (κ2) is 12.7. The van der Waals surface area contributed by atoms with Crippen LogP contribution in [-0.4, -0.2) is 92.8 Å². The third-order valence-corrected chi connectivity index (χ3v) is 8.20. The highest BCUT2D eigenvalue weighted by Crippen LogP contribution is 2.38. The Morgan fingerprint density at radius 2 is 2.00 bits per heavy atom. The molecule has 16 heteroatoms. The third-order valence-electron chi connectivity index (χ3n) is 7.20. The number of sulfonamides is 1. The maximum Gasteiger partial charge on any atom is 0.415 e. The van der Waals surface area contributed by atoms with Crippen molar-refractivity contribution < 1.29 is 31.4 Å². The van der Waals surface area contributed by atoms with Crippen LogP contribution >= 0.6 is 11.6 Å². The van der Waals surface area contributed by atoms with Crippen molar-refractivity contribution in [3.8, 4) is 5.75 Å². The molecule has 1 aromatic heterocycles. The summed E-state index contributed by atoms with van der Waals surface area (Å²) in [7, 11) is -0.167. The molecule has 0 radical (unpaired) electrons. The zero-order valence-electron chi connectivity index (χ0n) is 23.0. The molecule has 4 rings (SSSR count). The molecule has 1 aliphatic heterocycles. The monoisotopic (exact) mass is 621 g/mol. The zero-order valence-corrected chi connectivity index (χ0v) is 24.6. The van der Waals surface area contributed by atoms with Crippen LogP contribution < -0.4 is 25.0 Å². The Bertz CT molecular complexity index is 1340. The summed E-state index contributed by atoms with van der Waals surface area (Å²) in [5, 5.41) is 16.4. The van der Waals surface area contributed by atoms with E-state index < -0.39 is 28.8 Å². The van der Waals surface area contributed by atoms with E-state index in [4.69, 9.17) is 16.3 Å². The number of halogens is 4. The van der Waals surface area contributed by atoms with Gasteiger partial charge in [0.05, 0.1) is 25.2 Å². The van der Waals surface area contributed by atoms with E-state index in [-0.39, 0.29) is 23.7 Å². The molecule has 0 unspecified atom stereocenters. The molecule has 1 aromatic carbocycles. The average Bonchev–Trinajstić information content (AvgIpc) is 3.09. The molecule has 2 heterocycles. The van der Waals surface area contributed by atoms with Crippen molar-refractivity contribution in [2.24, 2.45) is 0 Å². The van der Waals surface area contributed by atoms with E-state index >= 15 is 0 Å². The number of aliphatic hydroxyl groups is 1. The molecule has 1 saturated carbocycles. The van der Waals surface area contributed by atoms with Crippen LogP contribution in [0.2, 0.25) is 5.02 Å². The molecule has 0 bridgehead atoms. The minimum atomic E-state index is -4.69. The van der Waals surface area contributed by atoms with Crippen molar-refractivity contribution in [3.63, 3.8) is 0 Å². The predicted molar refractivity (Wildman–Crippen MR) is 152 cm³/mol. The first-order chi connectivity index (χ1) is 19.2. The second-order valence-corrected chi connectivity index (χ2v) is 12.5. The van der Waals surface area contributed by atoms with Gasteiger partial charge in [-0.15, -0.1) is 0 Å². The van der Waals surface area contributed by atoms with Crippen molar-refractivity contribution >= 4 is 44.8 Å². The molecule has 0 amide bonds. The molecule has 1 aliphatic carbocycles. The van der Waals surface area contributed by atoms with Crippen molar-refractivity contribution in [2.45, 2.75) is 56.6 Å². The number of ether oxygens (including phenoxy) is 1. The summed E-state index contributed by atoms with van der Waals surface area (Å²) in [6, 6.07) is 3.04. The Balaban J connectivity index is 1.57. The molecule has 2 aromatic rings. The molecule has 0 saturated heterocycles. The van der Waals surface area contributed by atoms with Gasteiger partial charge in [0.2, 0.25) is 16.0 Å². The number of alkyl halides is 3. The lowest BCUT2D eigenvalue weighted by Gasteiger charge is -2.33. The van der Waals surface area contributed by atoms with Gasteiger partial charge in [-0.3, -0.25) is 4.90 Å². The Kier molecular flexibility index (Phi) is 9.74. The first-order valence-electron chi connectivity index (χ1n) is 13.2. The van der Waals surface area contributed by atoms with Crippen molar-refractivity contribution in [1.82, 2.24) is 19.6 Å². The fraction of sp³-hybridized carbons (Fsp3) is 0.600. The highest BCUT2D eigenvalue weighted by molar-refractivity contribution is 7.88. The highest BCUT2D eigenvalue weighted by atomic mass is 35.5. The van der Waals surface area contributed by atoms with E-state index in [1.54, 1.807) is 18.0 Å². The summed E-state index contributed by atoms with van der Waals surface area (Å²) in [5.74, 6) is 1.10. The van der Waals surface area contributed by atoms with Gasteiger partial charge >= 0.3 is 6.18 Å². The van der Waals surface area contributed by atoms with Crippen LogP contribution in [0.5, 0.6) is 5.75 Å². The van der Waals surface area contributed by atoms with Crippen molar-refractivity contribution in [2.75, 3.05) is 55.6 Å². The fourth-order valence-electron chi connectivity index (χ4n) is 5.13. The van der Waals surface area contributed by atoms with Crippen LogP contribution in [0.4, 0.5) is 36.3 Å². The van der Waals surface area contributed by atoms with Crippen molar-refractivity contribution in [3.05, 3.63) is 28.9 Å². The SMILES string of the molecule is COc1cc2c(cc1N(C)c1ncc(Cl)c(N[C@@H]3CCCC[C@H]3NS(C)(=O)=O)n1)NCCN(C[C@@H](O)C(F)(F)F)C2. The Morgan fingerprint density at radius 3 is 2.66 bits per heavy atom. The topological polar surface area (TPSA) is 132 Å². The van der Waals surface area contributed by atoms with Gasteiger partial charge < -0.3 is 25.4 Å². The molecular formula is C25H35ClF3N7O4S. The van der Waals surface area contributed by atoms with Crippen LogP contribution in [0.1, 0.15) is 31.2 Å². The van der Waals surface area contributed by atoms with Crippen LogP contribution in [-0.2, 0) is 16.6 Å². The smallest absolute Gasteiger partial charge is 0.415 e. The number of hydrogen-bond acceptors (Lipinski definition) is 10. The Morgan fingerprint density at radius 1 is 1.29 bits per heavy atom. The van der Waals surface area contributed by atoms with Crippen LogP contribution in [0, 0.1) is 0 Å². The summed E-state index contributed by atoms with van der Waals surface area (Å²) < 4.78 is 70.8. The fourth-order valence-corrected chi connectivity index (χ4v) is 6.11. The highest BCUT2D eigenvalue weighted by Gasteiger charge is 2.39. The molecule has 2 aliphatic rings. The first-order valence-corrected chi connectivity index (χ1v) is 15.4. The number of aromatic nitrogens is 2. The molecule has 41 heavy (non-hydrogen) atoms. The number of nitrogens with one attached hydrogen (secondary N) is 3. The average molecular weight is 622 g/mol. The van der Waals surface area contributed by atoms with Gasteiger partial charge in [-0.25, -0.2) is 18.1 Å². The number of β-amino-alcohol motifs (C(OH)–C–C–N with tert-alkyl or cyclic N) is 1. The van der Waals surface area contributed by atoms with Gasteiger partial charge in [0.25, 0.3) is 0 Å². The number of aliphatic hydroxyl groups excluding tert-OH is 1. The van der Waals surface area contributed by atoms with Gasteiger partial charge in [-0.05, 0) is 30.5 Å². The summed E-state index contributed by atoms with van der Waals surface area (Å²) >= 11 is 6.42. The lowest BCUT2D eigenvalue weighted by Crippen LogP contribution is -2.48. The van der Waals surface area contributed by atoms with Gasteiger partial charge in [-0.1, -0.05) is 24.4 Å². The van der Waals surface area contributed by atoms with Crippen LogP contribution in [0.3, 0.4) is 0 Å². The molecule has 1 fully saturated rings. The predicted octanol–water partition coefficient (Wildman–Crippen LogP) is 3.33. The van der Waals surface area contributed by atoms with Crippen LogP contribution in [0.25, 0.3) is 0 Å². The number of methoxy groups -OCH3 is 1. The molecule has 228 valence electrons. The molecule has 4 N–H and O–H groups in total. The normalized spacial score (nSPS) is 20.9. The molecular weight excluding hydrogens is 587 g/mol. The number of anilines is 4. The van der Waals surface area contributed by atoms with E-state index in [2.05, 4.69) is 25.3 Å². The van der Waals surface area contributed by atoms with E-state index in [1.165, 1.54) is 18.2 Å². The van der Waals surface area contributed by atoms with Gasteiger partial charge in [-0.2, -0.15) is 18.2 Å². The number of hydrogen-bond donors (Lipinski definition) is 4. The zero-order chi connectivity index (χ0) is 29.9. The minimum absolute atomic E-state index is 0.186. The quantitative estimate of drug-likeness (QED) is 0.331. The second-order valence-electron chi connectivity index (χ2n) is 10.4. The van der Waals surface area contributed by atoms with Crippen LogP contribution in [0.15, 0.2) is 18.3 Å². The van der Waals surface area contributed by atoms with E-state index in [9.17, 15) is 26.7 Å². The lowest BCUT2D eigenvalue weighted by atomic mass is 9.91. The number of benzene rings is 1. The van der Waals surface area contributed by atoms with Gasteiger partial charge in [0, 0.05) is 51.0 Å². The van der Waals surface area contributed by atoms with E-state index in [0.717, 1.165) is 25.5 Å². The Labute approximate surface area is 242 Å². The lowest BCUT2D eigenvalue weighted by molar-refractivity contribution is -0.208. The number of nitrogens with zero attached hydrogens (tertiary/aromatic N) is 4. The molecule has 3 atom stereocenters.